The third kappa shape index (κ3) is 2.23. The summed E-state index contributed by atoms with van der Waals surface area (Å²) in [6, 6.07) is 4.34. The van der Waals surface area contributed by atoms with Crippen molar-refractivity contribution in [3.63, 3.8) is 0 Å². The van der Waals surface area contributed by atoms with Gasteiger partial charge in [-0.1, -0.05) is 17.7 Å². The first-order chi connectivity index (χ1) is 6.60. The molecule has 0 heterocycles. The van der Waals surface area contributed by atoms with Gasteiger partial charge < -0.3 is 8.85 Å². The molecule has 0 atom stereocenters. The fourth-order valence-electron chi connectivity index (χ4n) is 1.79. The average Bonchev–Trinajstić information content (AvgIpc) is 2.10. The average molecular weight is 209 g/mol. The van der Waals surface area contributed by atoms with Crippen LogP contribution in [0.3, 0.4) is 0 Å². The van der Waals surface area contributed by atoms with Crippen LogP contribution < -0.4 is 5.19 Å². The zero-order valence-electron chi connectivity index (χ0n) is 9.47. The fourth-order valence-corrected chi connectivity index (χ4v) is 3.15. The van der Waals surface area contributed by atoms with Gasteiger partial charge in [-0.05, 0) is 31.9 Å². The van der Waals surface area contributed by atoms with Crippen molar-refractivity contribution in [2.45, 2.75) is 20.8 Å². The summed E-state index contributed by atoms with van der Waals surface area (Å²) in [5.41, 5.74) is 3.82. The second-order valence-electron chi connectivity index (χ2n) is 3.47. The molecule has 0 aliphatic rings. The molecule has 0 amide bonds. The molecule has 0 unspecified atom stereocenters. The molecule has 1 rings (SSSR count). The minimum absolute atomic E-state index is 1.24. The lowest BCUT2D eigenvalue weighted by Gasteiger charge is -2.15. The zero-order valence-corrected chi connectivity index (χ0v) is 10.5. The van der Waals surface area contributed by atoms with E-state index in [0.29, 0.717) is 0 Å². The van der Waals surface area contributed by atoms with Gasteiger partial charge in [0, 0.05) is 19.4 Å². The summed E-state index contributed by atoms with van der Waals surface area (Å²) < 4.78 is 10.7. The Hall–Kier alpha value is -0.643. The topological polar surface area (TPSA) is 18.5 Å². The second-order valence-corrected chi connectivity index (χ2v) is 5.36. The molecule has 0 saturated heterocycles. The summed E-state index contributed by atoms with van der Waals surface area (Å²) in [7, 11) is 2.13. The first-order valence-corrected chi connectivity index (χ1v) is 5.95. The van der Waals surface area contributed by atoms with Crippen LogP contribution in [-0.2, 0) is 8.85 Å². The van der Waals surface area contributed by atoms with Crippen LogP contribution in [0.15, 0.2) is 12.1 Å². The summed E-state index contributed by atoms with van der Waals surface area (Å²) in [5, 5.41) is 1.24. The molecular formula is C11H17O2Si. The van der Waals surface area contributed by atoms with Gasteiger partial charge in [-0.15, -0.1) is 0 Å². The van der Waals surface area contributed by atoms with Gasteiger partial charge in [-0.2, -0.15) is 0 Å². The first-order valence-electron chi connectivity index (χ1n) is 4.63. The largest absolute Gasteiger partial charge is 0.423 e. The van der Waals surface area contributed by atoms with Gasteiger partial charge in [0.1, 0.15) is 0 Å². The number of hydrogen-bond acceptors (Lipinski definition) is 2. The van der Waals surface area contributed by atoms with Gasteiger partial charge in [-0.25, -0.2) is 0 Å². The van der Waals surface area contributed by atoms with Crippen molar-refractivity contribution in [2.24, 2.45) is 0 Å². The lowest BCUT2D eigenvalue weighted by atomic mass is 10.1. The Bertz CT molecular complexity index is 296. The predicted octanol–water partition coefficient (Wildman–Crippen LogP) is 1.60. The standard InChI is InChI=1S/C11H17O2Si/c1-8-6-9(2)11(10(3)7-8)14(12-4)13-5/h6-7H,1-5H3. The highest BCUT2D eigenvalue weighted by Crippen LogP contribution is 2.07. The van der Waals surface area contributed by atoms with Crippen LogP contribution >= 0.6 is 0 Å². The number of rotatable bonds is 3. The minimum Gasteiger partial charge on any atom is -0.393 e. The molecule has 0 aromatic heterocycles. The first kappa shape index (κ1) is 11.4. The molecular weight excluding hydrogens is 192 g/mol. The van der Waals surface area contributed by atoms with Crippen molar-refractivity contribution in [1.29, 1.82) is 0 Å². The van der Waals surface area contributed by atoms with Crippen LogP contribution in [0, 0.1) is 20.8 Å². The van der Waals surface area contributed by atoms with Crippen molar-refractivity contribution in [1.82, 2.24) is 0 Å². The van der Waals surface area contributed by atoms with Crippen LogP contribution in [0.4, 0.5) is 0 Å². The monoisotopic (exact) mass is 209 g/mol. The molecule has 1 radical (unpaired) electrons. The molecule has 1 aromatic carbocycles. The van der Waals surface area contributed by atoms with Gasteiger partial charge in [-0.3, -0.25) is 0 Å². The van der Waals surface area contributed by atoms with Crippen molar-refractivity contribution in [3.05, 3.63) is 28.8 Å². The Morgan fingerprint density at radius 3 is 1.71 bits per heavy atom. The normalized spacial score (nSPS) is 11.0. The lowest BCUT2D eigenvalue weighted by molar-refractivity contribution is 0.291. The molecule has 0 aliphatic carbocycles. The van der Waals surface area contributed by atoms with E-state index in [1.54, 1.807) is 14.2 Å². The van der Waals surface area contributed by atoms with Crippen molar-refractivity contribution in [3.8, 4) is 0 Å². The van der Waals surface area contributed by atoms with Crippen LogP contribution in [0.2, 0.25) is 0 Å². The highest BCUT2D eigenvalue weighted by Gasteiger charge is 2.20. The molecule has 0 fully saturated rings. The van der Waals surface area contributed by atoms with E-state index >= 15 is 0 Å². The number of benzene rings is 1. The Labute approximate surface area is 87.7 Å². The van der Waals surface area contributed by atoms with E-state index in [4.69, 9.17) is 8.85 Å². The van der Waals surface area contributed by atoms with Crippen molar-refractivity contribution in [2.75, 3.05) is 14.2 Å². The molecule has 1 aromatic rings. The Kier molecular flexibility index (Phi) is 3.86. The molecule has 0 bridgehead atoms. The highest BCUT2D eigenvalue weighted by molar-refractivity contribution is 6.62. The van der Waals surface area contributed by atoms with E-state index in [1.807, 2.05) is 0 Å². The molecule has 14 heavy (non-hydrogen) atoms. The third-order valence-corrected chi connectivity index (χ3v) is 4.19. The van der Waals surface area contributed by atoms with Crippen molar-refractivity contribution < 1.29 is 8.85 Å². The number of aryl methyl sites for hydroxylation is 3. The van der Waals surface area contributed by atoms with Crippen LogP contribution in [-0.4, -0.2) is 23.5 Å². The summed E-state index contributed by atoms with van der Waals surface area (Å²) in [4.78, 5) is 0. The van der Waals surface area contributed by atoms with Crippen LogP contribution in [0.5, 0.6) is 0 Å². The van der Waals surface area contributed by atoms with E-state index in [0.717, 1.165) is 0 Å². The lowest BCUT2D eigenvalue weighted by Crippen LogP contribution is -2.38. The summed E-state index contributed by atoms with van der Waals surface area (Å²) >= 11 is 0. The molecule has 0 aliphatic heterocycles. The molecule has 0 saturated carbocycles. The molecule has 0 N–H and O–H groups in total. The van der Waals surface area contributed by atoms with E-state index in [1.165, 1.54) is 21.9 Å². The smallest absolute Gasteiger partial charge is 0.393 e. The molecule has 2 nitrogen and oxygen atoms in total. The summed E-state index contributed by atoms with van der Waals surface area (Å²) in [6.45, 7) is 6.33. The van der Waals surface area contributed by atoms with E-state index in [2.05, 4.69) is 32.9 Å². The van der Waals surface area contributed by atoms with Gasteiger partial charge in [0.15, 0.2) is 0 Å². The van der Waals surface area contributed by atoms with Gasteiger partial charge in [0.05, 0.1) is 0 Å². The van der Waals surface area contributed by atoms with Crippen LogP contribution in [0.1, 0.15) is 16.7 Å². The quantitative estimate of drug-likeness (QED) is 0.704. The Morgan fingerprint density at radius 1 is 0.929 bits per heavy atom. The minimum atomic E-state index is -1.28. The fraction of sp³-hybridized carbons (Fsp3) is 0.455. The molecule has 3 heteroatoms. The number of hydrogen-bond donors (Lipinski definition) is 0. The third-order valence-electron chi connectivity index (χ3n) is 2.25. The maximum atomic E-state index is 5.37. The van der Waals surface area contributed by atoms with E-state index in [-0.39, 0.29) is 0 Å². The van der Waals surface area contributed by atoms with E-state index < -0.39 is 9.28 Å². The zero-order chi connectivity index (χ0) is 10.7. The molecule has 77 valence electrons. The van der Waals surface area contributed by atoms with Gasteiger partial charge in [0.2, 0.25) is 0 Å². The van der Waals surface area contributed by atoms with Gasteiger partial charge in [0.25, 0.3) is 0 Å². The summed E-state index contributed by atoms with van der Waals surface area (Å²) in [6.07, 6.45) is 0. The predicted molar refractivity (Wildman–Crippen MR) is 60.1 cm³/mol. The van der Waals surface area contributed by atoms with Crippen LogP contribution in [0.25, 0.3) is 0 Å². The maximum absolute atomic E-state index is 5.37. The maximum Gasteiger partial charge on any atom is 0.423 e. The summed E-state index contributed by atoms with van der Waals surface area (Å²) in [5.74, 6) is 0. The van der Waals surface area contributed by atoms with Crippen molar-refractivity contribution >= 4 is 14.5 Å². The SMILES string of the molecule is CO[Si](OC)c1c(C)cc(C)cc1C. The van der Waals surface area contributed by atoms with E-state index in [9.17, 15) is 0 Å². The van der Waals surface area contributed by atoms with Gasteiger partial charge >= 0.3 is 9.28 Å². The Morgan fingerprint density at radius 2 is 1.36 bits per heavy atom. The highest BCUT2D eigenvalue weighted by atomic mass is 28.3. The molecule has 0 spiro atoms. The Balaban J connectivity index is 3.19. The second kappa shape index (κ2) is 4.73.